The third-order valence-electron chi connectivity index (χ3n) is 5.38. The van der Waals surface area contributed by atoms with E-state index < -0.39 is 16.0 Å². The van der Waals surface area contributed by atoms with Crippen molar-refractivity contribution in [2.75, 3.05) is 5.32 Å². The Morgan fingerprint density at radius 1 is 1.00 bits per heavy atom. The van der Waals surface area contributed by atoms with Crippen molar-refractivity contribution in [3.8, 4) is 0 Å². The Hall–Kier alpha value is -2.70. The average molecular weight is 440 g/mol. The van der Waals surface area contributed by atoms with Gasteiger partial charge in [0, 0.05) is 10.9 Å². The van der Waals surface area contributed by atoms with Gasteiger partial charge in [0.15, 0.2) is 0 Å². The van der Waals surface area contributed by atoms with Crippen LogP contribution in [-0.2, 0) is 10.1 Å². The minimum atomic E-state index is -4.54. The van der Waals surface area contributed by atoms with Crippen LogP contribution in [0.4, 0.5) is 5.69 Å². The Morgan fingerprint density at radius 2 is 1.65 bits per heavy atom. The van der Waals surface area contributed by atoms with Crippen LogP contribution in [0, 0.1) is 5.41 Å². The molecule has 0 fully saturated rings. The van der Waals surface area contributed by atoms with E-state index in [-0.39, 0.29) is 16.0 Å². The molecule has 3 aromatic carbocycles. The number of nitrogens with one attached hydrogen (secondary N) is 1. The van der Waals surface area contributed by atoms with Crippen molar-refractivity contribution in [2.45, 2.75) is 51.3 Å². The van der Waals surface area contributed by atoms with E-state index in [1.54, 1.807) is 42.5 Å². The van der Waals surface area contributed by atoms with Gasteiger partial charge >= 0.3 is 0 Å². The van der Waals surface area contributed by atoms with Crippen molar-refractivity contribution in [1.29, 1.82) is 0 Å². The first-order chi connectivity index (χ1) is 14.5. The molecule has 0 aliphatic heterocycles. The largest absolute Gasteiger partial charge is 0.321 e. The summed E-state index contributed by atoms with van der Waals surface area (Å²) in [4.78, 5) is 12.5. The number of anilines is 1. The highest BCUT2D eigenvalue weighted by Gasteiger charge is 2.22. The van der Waals surface area contributed by atoms with Crippen LogP contribution in [0.15, 0.2) is 65.6 Å². The molecule has 2 N–H and O–H groups in total. The molecule has 1 amide bonds. The predicted octanol–water partition coefficient (Wildman–Crippen LogP) is 6.27. The summed E-state index contributed by atoms with van der Waals surface area (Å²) in [5.74, 6) is -0.0284. The normalized spacial score (nSPS) is 13.2. The van der Waals surface area contributed by atoms with Gasteiger partial charge in [-0.05, 0) is 53.3 Å². The van der Waals surface area contributed by atoms with E-state index in [1.807, 2.05) is 12.1 Å². The standard InChI is InChI=1S/C25H29NO4S/c1-5-17(16-25(2,3)4)18-10-12-20(13-11-18)24(27)26-22-15-14-19-8-6-7-9-21(19)23(22)31(28,29)30/h6-15,17H,5,16H2,1-4H3,(H,26,27)(H,28,29,30). The summed E-state index contributed by atoms with van der Waals surface area (Å²) in [6.07, 6.45) is 2.06. The molecule has 3 rings (SSSR count). The maximum Gasteiger partial charge on any atom is 0.297 e. The first-order valence-electron chi connectivity index (χ1n) is 10.4. The summed E-state index contributed by atoms with van der Waals surface area (Å²) < 4.78 is 33.9. The lowest BCUT2D eigenvalue weighted by Crippen LogP contribution is -2.15. The molecule has 0 aromatic heterocycles. The van der Waals surface area contributed by atoms with Crippen LogP contribution < -0.4 is 5.32 Å². The molecule has 1 unspecified atom stereocenters. The lowest BCUT2D eigenvalue weighted by atomic mass is 9.80. The lowest BCUT2D eigenvalue weighted by Gasteiger charge is -2.25. The van der Waals surface area contributed by atoms with Crippen LogP contribution in [0.2, 0.25) is 0 Å². The van der Waals surface area contributed by atoms with Crippen LogP contribution in [-0.4, -0.2) is 18.9 Å². The fraction of sp³-hybridized carbons (Fsp3) is 0.320. The monoisotopic (exact) mass is 439 g/mol. The fourth-order valence-electron chi connectivity index (χ4n) is 3.96. The molecule has 1 atom stereocenters. The molecule has 0 aliphatic carbocycles. The molecule has 0 heterocycles. The summed E-state index contributed by atoms with van der Waals surface area (Å²) >= 11 is 0. The molecule has 0 radical (unpaired) electrons. The predicted molar refractivity (Wildman–Crippen MR) is 125 cm³/mol. The number of rotatable bonds is 6. The van der Waals surface area contributed by atoms with Crippen LogP contribution in [0.25, 0.3) is 10.8 Å². The average Bonchev–Trinajstić information content (AvgIpc) is 2.70. The molecule has 0 spiro atoms. The van der Waals surface area contributed by atoms with Crippen molar-refractivity contribution in [3.63, 3.8) is 0 Å². The van der Waals surface area contributed by atoms with Gasteiger partial charge in [0.25, 0.3) is 16.0 Å². The highest BCUT2D eigenvalue weighted by molar-refractivity contribution is 7.86. The Labute approximate surface area is 184 Å². The fourth-order valence-corrected chi connectivity index (χ4v) is 4.82. The lowest BCUT2D eigenvalue weighted by molar-refractivity contribution is 0.102. The molecule has 6 heteroatoms. The SMILES string of the molecule is CCC(CC(C)(C)C)c1ccc(C(=O)Nc2ccc3ccccc3c2S(=O)(=O)O)cc1. The van der Waals surface area contributed by atoms with Crippen molar-refractivity contribution in [1.82, 2.24) is 0 Å². The topological polar surface area (TPSA) is 83.5 Å². The molecular formula is C25H29NO4S. The van der Waals surface area contributed by atoms with Crippen LogP contribution >= 0.6 is 0 Å². The molecule has 0 aliphatic rings. The third kappa shape index (κ3) is 5.51. The summed E-state index contributed by atoms with van der Waals surface area (Å²) in [6, 6.07) is 17.4. The highest BCUT2D eigenvalue weighted by Crippen LogP contribution is 2.34. The summed E-state index contributed by atoms with van der Waals surface area (Å²) in [6.45, 7) is 8.81. The second kappa shape index (κ2) is 8.81. The summed E-state index contributed by atoms with van der Waals surface area (Å²) in [5, 5.41) is 3.66. The molecule has 0 saturated heterocycles. The number of amides is 1. The van der Waals surface area contributed by atoms with Gasteiger partial charge in [0.1, 0.15) is 4.90 Å². The van der Waals surface area contributed by atoms with E-state index in [9.17, 15) is 17.8 Å². The Kier molecular flexibility index (Phi) is 6.53. The first kappa shape index (κ1) is 23.0. The van der Waals surface area contributed by atoms with Gasteiger partial charge in [-0.1, -0.05) is 70.2 Å². The molecule has 0 bridgehead atoms. The van der Waals surface area contributed by atoms with Crippen LogP contribution in [0.3, 0.4) is 0 Å². The molecule has 164 valence electrons. The van der Waals surface area contributed by atoms with Gasteiger partial charge in [0.05, 0.1) is 5.69 Å². The van der Waals surface area contributed by atoms with Gasteiger partial charge in [-0.2, -0.15) is 8.42 Å². The molecule has 3 aromatic rings. The van der Waals surface area contributed by atoms with Crippen LogP contribution in [0.5, 0.6) is 0 Å². The number of hydrogen-bond acceptors (Lipinski definition) is 3. The second-order valence-electron chi connectivity index (χ2n) is 9.08. The highest BCUT2D eigenvalue weighted by atomic mass is 32.2. The van der Waals surface area contributed by atoms with E-state index in [0.29, 0.717) is 22.3 Å². The molecule has 5 nitrogen and oxygen atoms in total. The quantitative estimate of drug-likeness (QED) is 0.444. The summed E-state index contributed by atoms with van der Waals surface area (Å²) in [5.41, 5.74) is 1.86. The third-order valence-corrected chi connectivity index (χ3v) is 6.34. The first-order valence-corrected chi connectivity index (χ1v) is 11.8. The zero-order chi connectivity index (χ0) is 22.8. The number of carbonyl (C=O) groups is 1. The zero-order valence-corrected chi connectivity index (χ0v) is 19.2. The van der Waals surface area contributed by atoms with Crippen LogP contribution in [0.1, 0.15) is 62.4 Å². The van der Waals surface area contributed by atoms with E-state index in [2.05, 4.69) is 33.0 Å². The van der Waals surface area contributed by atoms with Gasteiger partial charge in [0.2, 0.25) is 0 Å². The number of benzene rings is 3. The molecule has 31 heavy (non-hydrogen) atoms. The van der Waals surface area contributed by atoms with Gasteiger partial charge < -0.3 is 5.32 Å². The van der Waals surface area contributed by atoms with Crippen molar-refractivity contribution < 1.29 is 17.8 Å². The van der Waals surface area contributed by atoms with E-state index in [4.69, 9.17) is 0 Å². The van der Waals surface area contributed by atoms with Gasteiger partial charge in [-0.15, -0.1) is 0 Å². The number of carbonyl (C=O) groups excluding carboxylic acids is 1. The van der Waals surface area contributed by atoms with Gasteiger partial charge in [-0.3, -0.25) is 9.35 Å². The van der Waals surface area contributed by atoms with E-state index in [0.717, 1.165) is 12.8 Å². The maximum atomic E-state index is 12.8. The minimum Gasteiger partial charge on any atom is -0.321 e. The molecule has 0 saturated carbocycles. The van der Waals surface area contributed by atoms with Crippen molar-refractivity contribution in [3.05, 3.63) is 71.8 Å². The second-order valence-corrected chi connectivity index (χ2v) is 10.4. The van der Waals surface area contributed by atoms with E-state index >= 15 is 0 Å². The van der Waals surface area contributed by atoms with Gasteiger partial charge in [-0.25, -0.2) is 0 Å². The zero-order valence-electron chi connectivity index (χ0n) is 18.3. The Balaban J connectivity index is 1.89. The number of hydrogen-bond donors (Lipinski definition) is 2. The minimum absolute atomic E-state index is 0.0504. The van der Waals surface area contributed by atoms with E-state index in [1.165, 1.54) is 11.6 Å². The Morgan fingerprint density at radius 3 is 2.23 bits per heavy atom. The summed E-state index contributed by atoms with van der Waals surface area (Å²) in [7, 11) is -4.54. The molecular weight excluding hydrogens is 410 g/mol. The Bertz CT molecular complexity index is 1190. The smallest absolute Gasteiger partial charge is 0.297 e. The van der Waals surface area contributed by atoms with Crippen molar-refractivity contribution in [2.24, 2.45) is 5.41 Å². The van der Waals surface area contributed by atoms with Crippen molar-refractivity contribution >= 4 is 32.5 Å². The number of fused-ring (bicyclic) bond motifs is 1. The maximum absolute atomic E-state index is 12.8.